The maximum absolute atomic E-state index is 13.5. The molecule has 2 aromatic rings. The number of carbonyl (C=O) groups is 2. The number of para-hydroxylation sites is 2. The Kier molecular flexibility index (Phi) is 7.20. The zero-order valence-electron chi connectivity index (χ0n) is 22.2. The number of Topliss-reactive ketones (excluding diaryl/α,β-unsaturated/α-hetero) is 1. The number of rotatable bonds is 5. The van der Waals surface area contributed by atoms with Crippen molar-refractivity contribution in [1.29, 1.82) is 0 Å². The molecule has 194 valence electrons. The molecule has 1 saturated heterocycles. The van der Waals surface area contributed by atoms with E-state index in [0.29, 0.717) is 6.42 Å². The highest BCUT2D eigenvalue weighted by molar-refractivity contribution is 6.01. The highest BCUT2D eigenvalue weighted by Crippen LogP contribution is 2.43. The smallest absolute Gasteiger partial charge is 0.242 e. The topological polar surface area (TPSA) is 55.9 Å². The average molecular weight is 499 g/mol. The summed E-state index contributed by atoms with van der Waals surface area (Å²) in [4.78, 5) is 33.3. The lowest BCUT2D eigenvalue weighted by Gasteiger charge is -2.38. The summed E-state index contributed by atoms with van der Waals surface area (Å²) in [6.45, 7) is 10.7. The fourth-order valence-electron chi connectivity index (χ4n) is 5.84. The van der Waals surface area contributed by atoms with Crippen molar-refractivity contribution in [2.24, 2.45) is 5.41 Å². The fraction of sp³-hybridized carbons (Fsp3) is 0.419. The van der Waals surface area contributed by atoms with Gasteiger partial charge in [0.15, 0.2) is 5.78 Å². The van der Waals surface area contributed by atoms with E-state index in [1.165, 1.54) is 5.56 Å². The normalized spacial score (nSPS) is 21.9. The van der Waals surface area contributed by atoms with Crippen LogP contribution >= 0.6 is 0 Å². The number of fused-ring (bicyclic) bond motifs is 1. The predicted octanol–water partition coefficient (Wildman–Crippen LogP) is 4.81. The predicted molar refractivity (Wildman–Crippen MR) is 150 cm³/mol. The van der Waals surface area contributed by atoms with Gasteiger partial charge in [0.25, 0.3) is 0 Å². The molecule has 5 rings (SSSR count). The molecule has 0 saturated carbocycles. The molecule has 3 aliphatic rings. The van der Waals surface area contributed by atoms with E-state index in [1.807, 2.05) is 41.3 Å². The Labute approximate surface area is 220 Å². The van der Waals surface area contributed by atoms with Crippen LogP contribution in [0.2, 0.25) is 0 Å². The standard InChI is InChI=1S/C31H38N4O2/c1-23-30-26(20-31(2,3)21-28(30)36)32-25-13-7-8-14-27(25)35(23)22-29(37)34-18-16-33(17-19-34)15-9-12-24-10-5-4-6-11-24/h4-14,23,32H,15-22H2,1-3H3/b12-9+. The molecule has 6 heteroatoms. The van der Waals surface area contributed by atoms with Crippen molar-refractivity contribution >= 4 is 29.1 Å². The Hall–Kier alpha value is -3.38. The average Bonchev–Trinajstić information content (AvgIpc) is 2.98. The van der Waals surface area contributed by atoms with Gasteiger partial charge in [-0.25, -0.2) is 0 Å². The second-order valence-corrected chi connectivity index (χ2v) is 11.3. The molecule has 2 aromatic carbocycles. The Bertz CT molecular complexity index is 1210. The van der Waals surface area contributed by atoms with Crippen LogP contribution < -0.4 is 10.2 Å². The minimum atomic E-state index is -0.164. The Balaban J connectivity index is 1.26. The van der Waals surface area contributed by atoms with Crippen molar-refractivity contribution in [3.8, 4) is 0 Å². The Morgan fingerprint density at radius 1 is 1.00 bits per heavy atom. The van der Waals surface area contributed by atoms with E-state index < -0.39 is 0 Å². The lowest BCUT2D eigenvalue weighted by molar-refractivity contribution is -0.131. The number of hydrogen-bond donors (Lipinski definition) is 1. The van der Waals surface area contributed by atoms with Gasteiger partial charge >= 0.3 is 0 Å². The van der Waals surface area contributed by atoms with Crippen molar-refractivity contribution in [3.63, 3.8) is 0 Å². The summed E-state index contributed by atoms with van der Waals surface area (Å²) in [6, 6.07) is 18.3. The number of ketones is 1. The highest BCUT2D eigenvalue weighted by Gasteiger charge is 2.39. The molecule has 0 spiro atoms. The third kappa shape index (κ3) is 5.64. The maximum Gasteiger partial charge on any atom is 0.242 e. The Morgan fingerprint density at radius 2 is 1.70 bits per heavy atom. The third-order valence-electron chi connectivity index (χ3n) is 7.81. The van der Waals surface area contributed by atoms with Gasteiger partial charge < -0.3 is 15.1 Å². The van der Waals surface area contributed by atoms with E-state index in [-0.39, 0.29) is 29.7 Å². The first kappa shape index (κ1) is 25.3. The molecule has 37 heavy (non-hydrogen) atoms. The Morgan fingerprint density at radius 3 is 2.46 bits per heavy atom. The molecule has 1 fully saturated rings. The summed E-state index contributed by atoms with van der Waals surface area (Å²) in [5.41, 5.74) is 4.92. The quantitative estimate of drug-likeness (QED) is 0.641. The van der Waals surface area contributed by atoms with Crippen LogP contribution in [0.5, 0.6) is 0 Å². The molecule has 0 aromatic heterocycles. The molecule has 0 bridgehead atoms. The van der Waals surface area contributed by atoms with Crippen molar-refractivity contribution in [3.05, 3.63) is 77.5 Å². The van der Waals surface area contributed by atoms with Gasteiger partial charge in [-0.05, 0) is 36.5 Å². The molecule has 1 amide bonds. The summed E-state index contributed by atoms with van der Waals surface area (Å²) in [6.07, 6.45) is 5.72. The number of nitrogens with one attached hydrogen (secondary N) is 1. The molecule has 1 N–H and O–H groups in total. The van der Waals surface area contributed by atoms with E-state index in [1.54, 1.807) is 0 Å². The summed E-state index contributed by atoms with van der Waals surface area (Å²) in [7, 11) is 0. The highest BCUT2D eigenvalue weighted by atomic mass is 16.2. The lowest BCUT2D eigenvalue weighted by Crippen LogP contribution is -2.52. The molecular formula is C31H38N4O2. The molecule has 1 aliphatic carbocycles. The number of carbonyl (C=O) groups excluding carboxylic acids is 2. The molecule has 1 atom stereocenters. The lowest BCUT2D eigenvalue weighted by atomic mass is 9.74. The summed E-state index contributed by atoms with van der Waals surface area (Å²) >= 11 is 0. The molecule has 2 heterocycles. The van der Waals surface area contributed by atoms with Gasteiger partial charge in [0.2, 0.25) is 5.91 Å². The third-order valence-corrected chi connectivity index (χ3v) is 7.81. The van der Waals surface area contributed by atoms with Crippen LogP contribution in [-0.2, 0) is 9.59 Å². The largest absolute Gasteiger partial charge is 0.357 e. The second kappa shape index (κ2) is 10.5. The molecule has 6 nitrogen and oxygen atoms in total. The van der Waals surface area contributed by atoms with Crippen molar-refractivity contribution in [1.82, 2.24) is 9.80 Å². The number of anilines is 2. The van der Waals surface area contributed by atoms with E-state index >= 15 is 0 Å². The summed E-state index contributed by atoms with van der Waals surface area (Å²) < 4.78 is 0. The number of allylic oxidation sites excluding steroid dienone is 1. The van der Waals surface area contributed by atoms with Crippen molar-refractivity contribution < 1.29 is 9.59 Å². The number of amides is 1. The summed E-state index contributed by atoms with van der Waals surface area (Å²) in [5.74, 6) is 0.308. The zero-order valence-corrected chi connectivity index (χ0v) is 22.2. The van der Waals surface area contributed by atoms with Gasteiger partial charge in [-0.2, -0.15) is 0 Å². The monoisotopic (exact) mass is 498 g/mol. The van der Waals surface area contributed by atoms with E-state index in [2.05, 4.69) is 66.2 Å². The minimum Gasteiger partial charge on any atom is -0.357 e. The van der Waals surface area contributed by atoms with Crippen LogP contribution in [0.15, 0.2) is 71.9 Å². The van der Waals surface area contributed by atoms with Crippen LogP contribution in [0.3, 0.4) is 0 Å². The van der Waals surface area contributed by atoms with Gasteiger partial charge in [0, 0.05) is 50.4 Å². The van der Waals surface area contributed by atoms with Crippen LogP contribution in [0, 0.1) is 5.41 Å². The van der Waals surface area contributed by atoms with Crippen LogP contribution in [0.1, 0.15) is 39.2 Å². The zero-order chi connectivity index (χ0) is 26.0. The van der Waals surface area contributed by atoms with Gasteiger partial charge in [-0.1, -0.05) is 68.5 Å². The van der Waals surface area contributed by atoms with E-state index in [9.17, 15) is 9.59 Å². The molecule has 2 aliphatic heterocycles. The first-order valence-corrected chi connectivity index (χ1v) is 13.4. The number of nitrogens with zero attached hydrogens (tertiary/aromatic N) is 3. The molecule has 1 unspecified atom stereocenters. The maximum atomic E-state index is 13.5. The molecule has 0 radical (unpaired) electrons. The first-order valence-electron chi connectivity index (χ1n) is 13.4. The van der Waals surface area contributed by atoms with Gasteiger partial charge in [0.1, 0.15) is 0 Å². The fourth-order valence-corrected chi connectivity index (χ4v) is 5.84. The number of benzene rings is 2. The van der Waals surface area contributed by atoms with E-state index in [4.69, 9.17) is 0 Å². The van der Waals surface area contributed by atoms with Gasteiger partial charge in [0.05, 0.1) is 24.0 Å². The SMILES string of the molecule is CC1C2=C(CC(C)(C)CC2=O)Nc2ccccc2N1CC(=O)N1CCN(C/C=C/c2ccccc2)CC1. The first-order chi connectivity index (χ1) is 17.8. The van der Waals surface area contributed by atoms with Crippen molar-refractivity contribution in [2.45, 2.75) is 39.7 Å². The number of hydrogen-bond acceptors (Lipinski definition) is 5. The van der Waals surface area contributed by atoms with Crippen LogP contribution in [0.25, 0.3) is 6.08 Å². The van der Waals surface area contributed by atoms with Crippen LogP contribution in [-0.4, -0.2) is 66.8 Å². The van der Waals surface area contributed by atoms with Gasteiger partial charge in [-0.3, -0.25) is 14.5 Å². The summed E-state index contributed by atoms with van der Waals surface area (Å²) in [5, 5.41) is 3.58. The van der Waals surface area contributed by atoms with E-state index in [0.717, 1.165) is 61.8 Å². The van der Waals surface area contributed by atoms with Crippen molar-refractivity contribution in [2.75, 3.05) is 49.5 Å². The molecular weight excluding hydrogens is 460 g/mol. The number of piperazine rings is 1. The van der Waals surface area contributed by atoms with Gasteiger partial charge in [-0.15, -0.1) is 0 Å². The van der Waals surface area contributed by atoms with Crippen LogP contribution in [0.4, 0.5) is 11.4 Å². The second-order valence-electron chi connectivity index (χ2n) is 11.3. The minimum absolute atomic E-state index is 0.0709.